The molecule has 4 aromatic rings. The van der Waals surface area contributed by atoms with Crippen LogP contribution in [0.4, 0.5) is 10.2 Å². The van der Waals surface area contributed by atoms with Crippen LogP contribution in [-0.2, 0) is 11.3 Å². The number of nitrogens with one attached hydrogen (secondary N) is 1. The SMILES string of the molecule is O=C(NCc1ccc(F)cc1)C1CCCN(c2nc3ncccc3n3cccc23)C1. The highest BCUT2D eigenvalue weighted by atomic mass is 19.1. The van der Waals surface area contributed by atoms with Crippen LogP contribution in [0.1, 0.15) is 18.4 Å². The molecule has 152 valence electrons. The van der Waals surface area contributed by atoms with Crippen molar-refractivity contribution in [2.45, 2.75) is 19.4 Å². The summed E-state index contributed by atoms with van der Waals surface area (Å²) in [6.07, 6.45) is 5.52. The maximum Gasteiger partial charge on any atom is 0.225 e. The summed E-state index contributed by atoms with van der Waals surface area (Å²) in [4.78, 5) is 24.2. The van der Waals surface area contributed by atoms with Gasteiger partial charge in [0.05, 0.1) is 17.0 Å². The second-order valence-electron chi connectivity index (χ2n) is 7.67. The van der Waals surface area contributed by atoms with Gasteiger partial charge in [0, 0.05) is 32.0 Å². The Balaban J connectivity index is 1.35. The molecule has 1 unspecified atom stereocenters. The molecule has 6 nitrogen and oxygen atoms in total. The topological polar surface area (TPSA) is 62.5 Å². The van der Waals surface area contributed by atoms with E-state index in [0.29, 0.717) is 18.7 Å². The number of pyridine rings is 1. The molecule has 7 heteroatoms. The average molecular weight is 403 g/mol. The summed E-state index contributed by atoms with van der Waals surface area (Å²) in [7, 11) is 0. The molecule has 1 fully saturated rings. The van der Waals surface area contributed by atoms with Crippen LogP contribution in [0.25, 0.3) is 16.7 Å². The molecular weight excluding hydrogens is 381 g/mol. The van der Waals surface area contributed by atoms with E-state index in [0.717, 1.165) is 41.8 Å². The van der Waals surface area contributed by atoms with E-state index in [2.05, 4.69) is 19.6 Å². The van der Waals surface area contributed by atoms with Crippen molar-refractivity contribution in [1.82, 2.24) is 19.7 Å². The van der Waals surface area contributed by atoms with Crippen molar-refractivity contribution >= 4 is 28.4 Å². The van der Waals surface area contributed by atoms with Crippen molar-refractivity contribution in [2.24, 2.45) is 5.92 Å². The van der Waals surface area contributed by atoms with Crippen molar-refractivity contribution in [3.05, 3.63) is 72.3 Å². The summed E-state index contributed by atoms with van der Waals surface area (Å²) in [6, 6.07) is 14.2. The van der Waals surface area contributed by atoms with Gasteiger partial charge in [0.2, 0.25) is 5.91 Å². The zero-order valence-electron chi connectivity index (χ0n) is 16.5. The van der Waals surface area contributed by atoms with Gasteiger partial charge in [0.15, 0.2) is 11.5 Å². The summed E-state index contributed by atoms with van der Waals surface area (Å²) >= 11 is 0. The molecule has 0 spiro atoms. The van der Waals surface area contributed by atoms with Crippen LogP contribution in [-0.4, -0.2) is 33.4 Å². The Kier molecular flexibility index (Phi) is 4.78. The lowest BCUT2D eigenvalue weighted by Crippen LogP contribution is -2.43. The van der Waals surface area contributed by atoms with E-state index < -0.39 is 0 Å². The molecule has 1 aromatic carbocycles. The van der Waals surface area contributed by atoms with Crippen molar-refractivity contribution in [3.8, 4) is 0 Å². The minimum Gasteiger partial charge on any atom is -0.354 e. The molecule has 0 radical (unpaired) electrons. The summed E-state index contributed by atoms with van der Waals surface area (Å²) in [5.74, 6) is 0.495. The molecule has 0 bridgehead atoms. The smallest absolute Gasteiger partial charge is 0.225 e. The van der Waals surface area contributed by atoms with Gasteiger partial charge in [-0.25, -0.2) is 14.4 Å². The number of halogens is 1. The van der Waals surface area contributed by atoms with E-state index in [1.165, 1.54) is 12.1 Å². The van der Waals surface area contributed by atoms with Gasteiger partial charge in [-0.3, -0.25) is 4.79 Å². The maximum atomic E-state index is 13.1. The van der Waals surface area contributed by atoms with Crippen LogP contribution in [0.2, 0.25) is 0 Å². The lowest BCUT2D eigenvalue weighted by atomic mass is 9.97. The zero-order chi connectivity index (χ0) is 20.5. The van der Waals surface area contributed by atoms with Gasteiger partial charge in [-0.1, -0.05) is 12.1 Å². The molecule has 0 aliphatic carbocycles. The molecule has 30 heavy (non-hydrogen) atoms. The van der Waals surface area contributed by atoms with E-state index in [4.69, 9.17) is 4.98 Å². The molecule has 1 saturated heterocycles. The van der Waals surface area contributed by atoms with Crippen LogP contribution < -0.4 is 10.2 Å². The first-order chi connectivity index (χ1) is 14.7. The first kappa shape index (κ1) is 18.5. The summed E-state index contributed by atoms with van der Waals surface area (Å²) in [5, 5.41) is 3.00. The van der Waals surface area contributed by atoms with Gasteiger partial charge in [0.25, 0.3) is 0 Å². The molecule has 1 N–H and O–H groups in total. The van der Waals surface area contributed by atoms with Gasteiger partial charge in [-0.15, -0.1) is 0 Å². The van der Waals surface area contributed by atoms with Gasteiger partial charge >= 0.3 is 0 Å². The van der Waals surface area contributed by atoms with Gasteiger partial charge in [0.1, 0.15) is 5.82 Å². The monoisotopic (exact) mass is 403 g/mol. The van der Waals surface area contributed by atoms with Crippen molar-refractivity contribution in [2.75, 3.05) is 18.0 Å². The molecule has 4 heterocycles. The van der Waals surface area contributed by atoms with Crippen molar-refractivity contribution < 1.29 is 9.18 Å². The number of nitrogens with zero attached hydrogens (tertiary/aromatic N) is 4. The van der Waals surface area contributed by atoms with Gasteiger partial charge in [-0.05, 0) is 54.8 Å². The number of benzene rings is 1. The fourth-order valence-electron chi connectivity index (χ4n) is 4.15. The summed E-state index contributed by atoms with van der Waals surface area (Å²) in [6.45, 7) is 1.87. The standard InChI is InChI=1S/C23H22FN5O/c24-18-9-7-16(8-10-18)14-26-23(30)17-4-2-12-28(15-17)22-20-6-3-13-29(20)19-5-1-11-25-21(19)27-22/h1,3,5-11,13,17H,2,4,12,14-15H2,(H,26,30). The van der Waals surface area contributed by atoms with Crippen molar-refractivity contribution in [1.29, 1.82) is 0 Å². The van der Waals surface area contributed by atoms with Crippen LogP contribution in [0.3, 0.4) is 0 Å². The maximum absolute atomic E-state index is 13.1. The molecular formula is C23H22FN5O. The highest BCUT2D eigenvalue weighted by Crippen LogP contribution is 2.28. The number of carbonyl (C=O) groups excluding carboxylic acids is 1. The molecule has 1 amide bonds. The Labute approximate surface area is 173 Å². The number of fused-ring (bicyclic) bond motifs is 3. The Morgan fingerprint density at radius 2 is 1.97 bits per heavy atom. The van der Waals surface area contributed by atoms with Crippen LogP contribution in [0.15, 0.2) is 60.9 Å². The summed E-state index contributed by atoms with van der Waals surface area (Å²) in [5.41, 5.74) is 3.56. The van der Waals surface area contributed by atoms with Crippen molar-refractivity contribution in [3.63, 3.8) is 0 Å². The quantitative estimate of drug-likeness (QED) is 0.566. The molecule has 3 aromatic heterocycles. The fraction of sp³-hybridized carbons (Fsp3) is 0.261. The highest BCUT2D eigenvalue weighted by molar-refractivity contribution is 5.84. The lowest BCUT2D eigenvalue weighted by molar-refractivity contribution is -0.125. The number of carbonyl (C=O) groups is 1. The Morgan fingerprint density at radius 3 is 2.83 bits per heavy atom. The number of amides is 1. The number of piperidine rings is 1. The van der Waals surface area contributed by atoms with Gasteiger partial charge in [-0.2, -0.15) is 0 Å². The Morgan fingerprint density at radius 1 is 1.13 bits per heavy atom. The van der Waals surface area contributed by atoms with E-state index in [9.17, 15) is 9.18 Å². The third-order valence-corrected chi connectivity index (χ3v) is 5.69. The zero-order valence-corrected chi connectivity index (χ0v) is 16.5. The molecule has 1 aliphatic rings. The highest BCUT2D eigenvalue weighted by Gasteiger charge is 2.28. The predicted octanol–water partition coefficient (Wildman–Crippen LogP) is 3.55. The van der Waals surface area contributed by atoms with E-state index in [1.807, 2.05) is 30.5 Å². The summed E-state index contributed by atoms with van der Waals surface area (Å²) < 4.78 is 15.2. The number of rotatable bonds is 4. The minimum atomic E-state index is -0.276. The minimum absolute atomic E-state index is 0.0225. The van der Waals surface area contributed by atoms with Crippen LogP contribution >= 0.6 is 0 Å². The van der Waals surface area contributed by atoms with Crippen LogP contribution in [0, 0.1) is 11.7 Å². The van der Waals surface area contributed by atoms with E-state index in [1.54, 1.807) is 18.3 Å². The normalized spacial score (nSPS) is 16.8. The number of anilines is 1. The Bertz CT molecular complexity index is 1200. The van der Waals surface area contributed by atoms with Gasteiger partial charge < -0.3 is 14.6 Å². The second-order valence-corrected chi connectivity index (χ2v) is 7.67. The first-order valence-corrected chi connectivity index (χ1v) is 10.2. The average Bonchev–Trinajstić information content (AvgIpc) is 3.28. The molecule has 5 rings (SSSR count). The largest absolute Gasteiger partial charge is 0.354 e. The molecule has 1 atom stereocenters. The second kappa shape index (κ2) is 7.74. The fourth-order valence-corrected chi connectivity index (χ4v) is 4.15. The third-order valence-electron chi connectivity index (χ3n) is 5.69. The first-order valence-electron chi connectivity index (χ1n) is 10.2. The van der Waals surface area contributed by atoms with E-state index >= 15 is 0 Å². The number of hydrogen-bond donors (Lipinski definition) is 1. The third kappa shape index (κ3) is 3.47. The van der Waals surface area contributed by atoms with Crippen LogP contribution in [0.5, 0.6) is 0 Å². The number of aromatic nitrogens is 3. The number of hydrogen-bond acceptors (Lipinski definition) is 4. The van der Waals surface area contributed by atoms with E-state index in [-0.39, 0.29) is 17.6 Å². The lowest BCUT2D eigenvalue weighted by Gasteiger charge is -2.33. The molecule has 0 saturated carbocycles. The predicted molar refractivity (Wildman–Crippen MR) is 114 cm³/mol. The molecule has 1 aliphatic heterocycles. The Hall–Kier alpha value is -3.48.